The molecule has 0 radical (unpaired) electrons. The summed E-state index contributed by atoms with van der Waals surface area (Å²) in [5, 5.41) is 8.62. The molecule has 3 rings (SSSR count). The van der Waals surface area contributed by atoms with Crippen molar-refractivity contribution in [2.45, 2.75) is 32.4 Å². The molecule has 7 nitrogen and oxygen atoms in total. The van der Waals surface area contributed by atoms with Gasteiger partial charge in [-0.1, -0.05) is 0 Å². The Balaban J connectivity index is 1.80. The largest absolute Gasteiger partial charge is 0.491 e. The Bertz CT molecular complexity index is 718. The Kier molecular flexibility index (Phi) is 5.68. The Morgan fingerprint density at radius 3 is 2.69 bits per heavy atom. The first-order chi connectivity index (χ1) is 12.4. The molecular formula is C19H28N6O. The highest BCUT2D eigenvalue weighted by atomic mass is 16.5. The van der Waals surface area contributed by atoms with Gasteiger partial charge in [0.1, 0.15) is 17.9 Å². The van der Waals surface area contributed by atoms with Crippen LogP contribution in [0.25, 0.3) is 0 Å². The van der Waals surface area contributed by atoms with Gasteiger partial charge in [-0.25, -0.2) is 9.97 Å². The summed E-state index contributed by atoms with van der Waals surface area (Å²) in [6.45, 7) is 7.85. The molecule has 7 heteroatoms. The highest BCUT2D eigenvalue weighted by Gasteiger charge is 2.22. The fourth-order valence-corrected chi connectivity index (χ4v) is 3.14. The van der Waals surface area contributed by atoms with Crippen molar-refractivity contribution >= 4 is 11.5 Å². The van der Waals surface area contributed by atoms with Crippen molar-refractivity contribution in [3.63, 3.8) is 0 Å². The van der Waals surface area contributed by atoms with Gasteiger partial charge in [0.15, 0.2) is 0 Å². The zero-order valence-corrected chi connectivity index (χ0v) is 15.8. The second kappa shape index (κ2) is 7.97. The Morgan fingerprint density at radius 2 is 2.00 bits per heavy atom. The van der Waals surface area contributed by atoms with E-state index in [0.717, 1.165) is 43.3 Å². The smallest absolute Gasteiger partial charge is 0.132 e. The van der Waals surface area contributed by atoms with E-state index in [2.05, 4.69) is 26.8 Å². The molecule has 1 aliphatic heterocycles. The third-order valence-electron chi connectivity index (χ3n) is 4.67. The SMILES string of the molecule is CC(C)OC1=CCC(N)C(C(=N)c2cc(N3CCN(C)CC3)ncn2)=C1. The van der Waals surface area contributed by atoms with Crippen LogP contribution in [0, 0.1) is 5.41 Å². The maximum absolute atomic E-state index is 8.62. The second-order valence-electron chi connectivity index (χ2n) is 7.14. The normalized spacial score (nSPS) is 21.4. The zero-order valence-electron chi connectivity index (χ0n) is 15.8. The Labute approximate surface area is 155 Å². The summed E-state index contributed by atoms with van der Waals surface area (Å²) in [5.41, 5.74) is 7.93. The van der Waals surface area contributed by atoms with Crippen molar-refractivity contribution in [1.29, 1.82) is 5.41 Å². The van der Waals surface area contributed by atoms with Crippen LogP contribution < -0.4 is 10.6 Å². The number of piperazine rings is 1. The molecule has 0 aromatic carbocycles. The lowest BCUT2D eigenvalue weighted by Crippen LogP contribution is -2.44. The topological polar surface area (TPSA) is 91.4 Å². The molecule has 1 aliphatic carbocycles. The molecule has 1 atom stereocenters. The first kappa shape index (κ1) is 18.5. The van der Waals surface area contributed by atoms with E-state index in [0.29, 0.717) is 17.8 Å². The number of anilines is 1. The van der Waals surface area contributed by atoms with E-state index in [1.807, 2.05) is 32.1 Å². The molecule has 1 fully saturated rings. The minimum atomic E-state index is -0.218. The van der Waals surface area contributed by atoms with E-state index in [4.69, 9.17) is 15.9 Å². The van der Waals surface area contributed by atoms with Crippen molar-refractivity contribution in [1.82, 2.24) is 14.9 Å². The van der Waals surface area contributed by atoms with Crippen LogP contribution in [0.3, 0.4) is 0 Å². The van der Waals surface area contributed by atoms with Crippen molar-refractivity contribution < 1.29 is 4.74 Å². The van der Waals surface area contributed by atoms with Gasteiger partial charge < -0.3 is 20.3 Å². The maximum Gasteiger partial charge on any atom is 0.132 e. The summed E-state index contributed by atoms with van der Waals surface area (Å²) >= 11 is 0. The van der Waals surface area contributed by atoms with Crippen LogP contribution in [0.2, 0.25) is 0 Å². The molecule has 1 unspecified atom stereocenters. The van der Waals surface area contributed by atoms with Gasteiger partial charge in [0.2, 0.25) is 0 Å². The van der Waals surface area contributed by atoms with Gasteiger partial charge in [0.05, 0.1) is 17.5 Å². The molecule has 0 amide bonds. The molecule has 1 aromatic heterocycles. The quantitative estimate of drug-likeness (QED) is 0.778. The van der Waals surface area contributed by atoms with Crippen LogP contribution in [0.5, 0.6) is 0 Å². The monoisotopic (exact) mass is 356 g/mol. The average molecular weight is 356 g/mol. The summed E-state index contributed by atoms with van der Waals surface area (Å²) < 4.78 is 5.77. The van der Waals surface area contributed by atoms with Gasteiger partial charge in [-0.15, -0.1) is 0 Å². The van der Waals surface area contributed by atoms with E-state index in [9.17, 15) is 0 Å². The molecule has 1 aromatic rings. The number of aromatic nitrogens is 2. The van der Waals surface area contributed by atoms with Crippen LogP contribution in [0.1, 0.15) is 26.0 Å². The Morgan fingerprint density at radius 1 is 1.27 bits per heavy atom. The maximum atomic E-state index is 8.62. The number of nitrogens with one attached hydrogen (secondary N) is 1. The number of nitrogens with two attached hydrogens (primary N) is 1. The molecule has 1 saturated heterocycles. The van der Waals surface area contributed by atoms with Gasteiger partial charge >= 0.3 is 0 Å². The molecule has 2 aliphatic rings. The highest BCUT2D eigenvalue weighted by molar-refractivity contribution is 6.10. The van der Waals surface area contributed by atoms with Crippen LogP contribution in [-0.4, -0.2) is 66.0 Å². The van der Waals surface area contributed by atoms with E-state index >= 15 is 0 Å². The summed E-state index contributed by atoms with van der Waals surface area (Å²) in [7, 11) is 2.12. The third-order valence-corrected chi connectivity index (χ3v) is 4.67. The fourth-order valence-electron chi connectivity index (χ4n) is 3.14. The van der Waals surface area contributed by atoms with Crippen LogP contribution in [0.15, 0.2) is 35.9 Å². The molecule has 26 heavy (non-hydrogen) atoms. The van der Waals surface area contributed by atoms with Crippen molar-refractivity contribution in [2.24, 2.45) is 5.73 Å². The van der Waals surface area contributed by atoms with Gasteiger partial charge in [0, 0.05) is 38.3 Å². The standard InChI is InChI=1S/C19H28N6O/c1-13(2)26-14-4-5-16(20)15(10-14)19(21)17-11-18(23-12-22-17)25-8-6-24(3)7-9-25/h4,10-13,16,21H,5-9,20H2,1-3H3. The van der Waals surface area contributed by atoms with E-state index in [-0.39, 0.29) is 12.1 Å². The number of rotatable bonds is 5. The van der Waals surface area contributed by atoms with Gasteiger partial charge in [-0.3, -0.25) is 5.41 Å². The minimum absolute atomic E-state index is 0.0881. The number of allylic oxidation sites excluding steroid dienone is 1. The lowest BCUT2D eigenvalue weighted by atomic mass is 9.93. The van der Waals surface area contributed by atoms with Gasteiger partial charge in [0.25, 0.3) is 0 Å². The molecule has 0 saturated carbocycles. The summed E-state index contributed by atoms with van der Waals surface area (Å²) in [6, 6.07) is 1.67. The first-order valence-corrected chi connectivity index (χ1v) is 9.13. The molecule has 0 bridgehead atoms. The number of hydrogen-bond acceptors (Lipinski definition) is 7. The summed E-state index contributed by atoms with van der Waals surface area (Å²) in [6.07, 6.45) is 6.14. The highest BCUT2D eigenvalue weighted by Crippen LogP contribution is 2.23. The lowest BCUT2D eigenvalue weighted by Gasteiger charge is -2.33. The predicted octanol–water partition coefficient (Wildman–Crippen LogP) is 1.56. The van der Waals surface area contributed by atoms with Crippen molar-refractivity contribution in [3.8, 4) is 0 Å². The second-order valence-corrected chi connectivity index (χ2v) is 7.14. The predicted molar refractivity (Wildman–Crippen MR) is 104 cm³/mol. The first-order valence-electron chi connectivity index (χ1n) is 9.13. The minimum Gasteiger partial charge on any atom is -0.491 e. The van der Waals surface area contributed by atoms with Crippen LogP contribution in [-0.2, 0) is 4.74 Å². The van der Waals surface area contributed by atoms with E-state index < -0.39 is 0 Å². The van der Waals surface area contributed by atoms with Crippen molar-refractivity contribution in [3.05, 3.63) is 41.6 Å². The molecule has 140 valence electrons. The molecule has 2 heterocycles. The number of likely N-dealkylation sites (N-methyl/N-ethyl adjacent to an activating group) is 1. The van der Waals surface area contributed by atoms with Crippen molar-refractivity contribution in [2.75, 3.05) is 38.1 Å². The molecule has 3 N–H and O–H groups in total. The fraction of sp³-hybridized carbons (Fsp3) is 0.526. The zero-order chi connectivity index (χ0) is 18.7. The summed E-state index contributed by atoms with van der Waals surface area (Å²) in [5.74, 6) is 1.64. The average Bonchev–Trinajstić information content (AvgIpc) is 2.63. The van der Waals surface area contributed by atoms with Gasteiger partial charge in [-0.2, -0.15) is 0 Å². The number of nitrogens with zero attached hydrogens (tertiary/aromatic N) is 4. The van der Waals surface area contributed by atoms with Gasteiger partial charge in [-0.05, 0) is 45.0 Å². The lowest BCUT2D eigenvalue weighted by molar-refractivity contribution is 0.155. The molecule has 0 spiro atoms. The molecular weight excluding hydrogens is 328 g/mol. The summed E-state index contributed by atoms with van der Waals surface area (Å²) in [4.78, 5) is 13.3. The van der Waals surface area contributed by atoms with E-state index in [1.165, 1.54) is 6.33 Å². The number of ether oxygens (including phenoxy) is 1. The third kappa shape index (κ3) is 4.28. The van der Waals surface area contributed by atoms with Crippen LogP contribution >= 0.6 is 0 Å². The van der Waals surface area contributed by atoms with E-state index in [1.54, 1.807) is 0 Å². The number of hydrogen-bond donors (Lipinski definition) is 2. The van der Waals surface area contributed by atoms with Crippen LogP contribution in [0.4, 0.5) is 5.82 Å². The Hall–Kier alpha value is -2.25.